The summed E-state index contributed by atoms with van der Waals surface area (Å²) in [6.45, 7) is 10.1. The lowest BCUT2D eigenvalue weighted by molar-refractivity contribution is 0.250. The van der Waals surface area contributed by atoms with Crippen LogP contribution in [0.1, 0.15) is 40.0 Å². The molecule has 0 unspecified atom stereocenters. The highest BCUT2D eigenvalue weighted by molar-refractivity contribution is 4.79. The van der Waals surface area contributed by atoms with Gasteiger partial charge in [0.2, 0.25) is 0 Å². The smallest absolute Gasteiger partial charge is 0.0109 e. The van der Waals surface area contributed by atoms with Crippen molar-refractivity contribution in [3.8, 4) is 0 Å². The van der Waals surface area contributed by atoms with Crippen molar-refractivity contribution in [3.05, 3.63) is 0 Å². The average Bonchev–Trinajstić information content (AvgIpc) is 2.79. The molecule has 0 spiro atoms. The summed E-state index contributed by atoms with van der Waals surface area (Å²) < 4.78 is 0. The number of nitrogens with two attached hydrogens (primary N) is 1. The Kier molecular flexibility index (Phi) is 3.74. The third-order valence-corrected chi connectivity index (χ3v) is 2.73. The zero-order valence-electron chi connectivity index (χ0n) is 9.34. The maximum Gasteiger partial charge on any atom is 0.0109 e. The van der Waals surface area contributed by atoms with Crippen LogP contribution in [0.3, 0.4) is 0 Å². The third kappa shape index (κ3) is 5.27. The van der Waals surface area contributed by atoms with Crippen LogP contribution < -0.4 is 5.73 Å². The molecular formula is C11H24N2. The van der Waals surface area contributed by atoms with Gasteiger partial charge < -0.3 is 10.6 Å². The number of nitrogens with zero attached hydrogens (tertiary/aromatic N) is 1. The number of rotatable bonds is 6. The van der Waals surface area contributed by atoms with Crippen molar-refractivity contribution >= 4 is 0 Å². The molecule has 0 amide bonds. The van der Waals surface area contributed by atoms with Crippen molar-refractivity contribution in [2.45, 2.75) is 45.6 Å². The Morgan fingerprint density at radius 1 is 1.38 bits per heavy atom. The van der Waals surface area contributed by atoms with E-state index in [4.69, 9.17) is 5.73 Å². The second-order valence-electron chi connectivity index (χ2n) is 5.08. The van der Waals surface area contributed by atoms with Gasteiger partial charge in [-0.15, -0.1) is 0 Å². The first-order valence-corrected chi connectivity index (χ1v) is 5.52. The Bertz CT molecular complexity index is 145. The van der Waals surface area contributed by atoms with E-state index in [2.05, 4.69) is 25.7 Å². The first kappa shape index (κ1) is 11.0. The zero-order chi connectivity index (χ0) is 9.90. The van der Waals surface area contributed by atoms with Crippen molar-refractivity contribution in [1.29, 1.82) is 0 Å². The fourth-order valence-electron chi connectivity index (χ4n) is 1.49. The molecule has 2 nitrogen and oxygen atoms in total. The van der Waals surface area contributed by atoms with Crippen molar-refractivity contribution in [3.63, 3.8) is 0 Å². The van der Waals surface area contributed by atoms with Crippen LogP contribution in [0.4, 0.5) is 0 Å². The lowest BCUT2D eigenvalue weighted by Crippen LogP contribution is -2.38. The van der Waals surface area contributed by atoms with Gasteiger partial charge in [-0.25, -0.2) is 0 Å². The van der Waals surface area contributed by atoms with E-state index >= 15 is 0 Å². The summed E-state index contributed by atoms with van der Waals surface area (Å²) in [5.74, 6) is 1.00. The second kappa shape index (κ2) is 4.43. The lowest BCUT2D eigenvalue weighted by Gasteiger charge is -2.25. The predicted molar refractivity (Wildman–Crippen MR) is 57.7 cm³/mol. The van der Waals surface area contributed by atoms with Crippen molar-refractivity contribution in [1.82, 2.24) is 4.90 Å². The van der Waals surface area contributed by atoms with Gasteiger partial charge in [0.25, 0.3) is 0 Å². The largest absolute Gasteiger partial charge is 0.326 e. The Hall–Kier alpha value is -0.0800. The maximum atomic E-state index is 5.96. The molecule has 1 aliphatic rings. The molecule has 2 heteroatoms. The monoisotopic (exact) mass is 184 g/mol. The Balaban J connectivity index is 2.14. The summed E-state index contributed by atoms with van der Waals surface area (Å²) in [5.41, 5.74) is 5.96. The highest BCUT2D eigenvalue weighted by Gasteiger charge is 2.24. The molecule has 2 N–H and O–H groups in total. The van der Waals surface area contributed by atoms with Crippen molar-refractivity contribution < 1.29 is 0 Å². The molecule has 0 heterocycles. The van der Waals surface area contributed by atoms with Gasteiger partial charge in [-0.3, -0.25) is 0 Å². The van der Waals surface area contributed by atoms with Gasteiger partial charge in [0.15, 0.2) is 0 Å². The van der Waals surface area contributed by atoms with Crippen LogP contribution in [0.5, 0.6) is 0 Å². The molecule has 0 aliphatic heterocycles. The Morgan fingerprint density at radius 2 is 2.00 bits per heavy atom. The second-order valence-corrected chi connectivity index (χ2v) is 5.08. The fraction of sp³-hybridized carbons (Fsp3) is 1.00. The van der Waals surface area contributed by atoms with E-state index in [1.54, 1.807) is 0 Å². The normalized spacial score (nSPS) is 18.2. The Labute approximate surface area is 82.5 Å². The molecule has 0 aromatic carbocycles. The van der Waals surface area contributed by atoms with Crippen molar-refractivity contribution in [2.75, 3.05) is 19.6 Å². The summed E-state index contributed by atoms with van der Waals surface area (Å²) in [6.07, 6.45) is 4.00. The van der Waals surface area contributed by atoms with Crippen LogP contribution in [0.15, 0.2) is 0 Å². The van der Waals surface area contributed by atoms with Crippen LogP contribution in [0, 0.1) is 5.92 Å². The topological polar surface area (TPSA) is 29.3 Å². The van der Waals surface area contributed by atoms with E-state index in [0.29, 0.717) is 0 Å². The zero-order valence-corrected chi connectivity index (χ0v) is 9.34. The number of hydrogen-bond acceptors (Lipinski definition) is 2. The minimum Gasteiger partial charge on any atom is -0.326 e. The highest BCUT2D eigenvalue weighted by Crippen LogP contribution is 2.29. The standard InChI is InChI=1S/C11H24N2/c1-4-13(9-10-5-6-10)8-7-11(2,3)12/h10H,4-9,12H2,1-3H3. The highest BCUT2D eigenvalue weighted by atomic mass is 15.1. The van der Waals surface area contributed by atoms with E-state index in [9.17, 15) is 0 Å². The van der Waals surface area contributed by atoms with Gasteiger partial charge in [-0.2, -0.15) is 0 Å². The maximum absolute atomic E-state index is 5.96. The van der Waals surface area contributed by atoms with E-state index in [-0.39, 0.29) is 5.54 Å². The third-order valence-electron chi connectivity index (χ3n) is 2.73. The molecular weight excluding hydrogens is 160 g/mol. The quantitative estimate of drug-likeness (QED) is 0.682. The van der Waals surface area contributed by atoms with Crippen LogP contribution in [-0.4, -0.2) is 30.1 Å². The molecule has 0 aromatic rings. The van der Waals surface area contributed by atoms with Gasteiger partial charge >= 0.3 is 0 Å². The molecule has 0 aromatic heterocycles. The molecule has 1 saturated carbocycles. The van der Waals surface area contributed by atoms with E-state index in [1.165, 1.54) is 25.9 Å². The van der Waals surface area contributed by atoms with Crippen molar-refractivity contribution in [2.24, 2.45) is 11.7 Å². The molecule has 0 atom stereocenters. The number of hydrogen-bond donors (Lipinski definition) is 1. The molecule has 0 saturated heterocycles. The van der Waals surface area contributed by atoms with E-state index in [0.717, 1.165) is 18.9 Å². The van der Waals surface area contributed by atoms with E-state index < -0.39 is 0 Å². The molecule has 0 radical (unpaired) electrons. The Morgan fingerprint density at radius 3 is 2.38 bits per heavy atom. The molecule has 1 rings (SSSR count). The van der Waals surface area contributed by atoms with Crippen LogP contribution in [0.2, 0.25) is 0 Å². The summed E-state index contributed by atoms with van der Waals surface area (Å²) >= 11 is 0. The van der Waals surface area contributed by atoms with Gasteiger partial charge in [-0.05, 0) is 52.1 Å². The van der Waals surface area contributed by atoms with Crippen LogP contribution in [0.25, 0.3) is 0 Å². The van der Waals surface area contributed by atoms with Gasteiger partial charge in [0.1, 0.15) is 0 Å². The first-order valence-electron chi connectivity index (χ1n) is 5.52. The SMILES string of the molecule is CCN(CCC(C)(C)N)CC1CC1. The summed E-state index contributed by atoms with van der Waals surface area (Å²) in [7, 11) is 0. The van der Waals surface area contributed by atoms with E-state index in [1.807, 2.05) is 0 Å². The average molecular weight is 184 g/mol. The molecule has 1 fully saturated rings. The summed E-state index contributed by atoms with van der Waals surface area (Å²) in [5, 5.41) is 0. The predicted octanol–water partition coefficient (Wildman–Crippen LogP) is 1.85. The molecule has 0 bridgehead atoms. The van der Waals surface area contributed by atoms with Crippen LogP contribution in [-0.2, 0) is 0 Å². The van der Waals surface area contributed by atoms with Gasteiger partial charge in [0.05, 0.1) is 0 Å². The summed E-state index contributed by atoms with van der Waals surface area (Å²) in [6, 6.07) is 0. The summed E-state index contributed by atoms with van der Waals surface area (Å²) in [4.78, 5) is 2.53. The first-order chi connectivity index (χ1) is 6.01. The van der Waals surface area contributed by atoms with Gasteiger partial charge in [0, 0.05) is 12.1 Å². The lowest BCUT2D eigenvalue weighted by atomic mass is 10.0. The van der Waals surface area contributed by atoms with Gasteiger partial charge in [-0.1, -0.05) is 6.92 Å². The molecule has 1 aliphatic carbocycles. The van der Waals surface area contributed by atoms with Crippen LogP contribution >= 0.6 is 0 Å². The molecule has 13 heavy (non-hydrogen) atoms. The fourth-order valence-corrected chi connectivity index (χ4v) is 1.49. The minimum absolute atomic E-state index is 0.00301. The minimum atomic E-state index is -0.00301. The molecule has 78 valence electrons.